The number of aromatic hydroxyl groups is 1. The molecule has 6 atom stereocenters. The first-order valence-corrected chi connectivity index (χ1v) is 14.7. The van der Waals surface area contributed by atoms with Gasteiger partial charge >= 0.3 is 6.03 Å². The van der Waals surface area contributed by atoms with Gasteiger partial charge in [0.25, 0.3) is 11.8 Å². The number of nitrogens with two attached hydrogens (primary N) is 1. The van der Waals surface area contributed by atoms with Crippen LogP contribution in [0.2, 0.25) is 0 Å². The summed E-state index contributed by atoms with van der Waals surface area (Å²) in [4.78, 5) is 68.8. The normalized spacial score (nSPS) is 28.8. The second-order valence-corrected chi connectivity index (χ2v) is 12.1. The molecule has 11 heteroatoms. The molecular weight excluding hydrogens is 579 g/mol. The molecule has 6 amide bonds. The van der Waals surface area contributed by atoms with Crippen molar-refractivity contribution in [2.24, 2.45) is 29.4 Å². The van der Waals surface area contributed by atoms with Gasteiger partial charge in [0, 0.05) is 11.5 Å². The summed E-state index contributed by atoms with van der Waals surface area (Å²) in [5.41, 5.74) is 9.25. The molecule has 1 saturated carbocycles. The average Bonchev–Trinajstić information content (AvgIpc) is 3.41. The number of anilines is 1. The zero-order valence-electron chi connectivity index (χ0n) is 24.1. The molecule has 7 rings (SSSR count). The lowest BCUT2D eigenvalue weighted by Crippen LogP contribution is -2.53. The highest BCUT2D eigenvalue weighted by Crippen LogP contribution is 2.64. The van der Waals surface area contributed by atoms with Crippen LogP contribution < -0.4 is 11.2 Å². The van der Waals surface area contributed by atoms with Crippen LogP contribution in [-0.2, 0) is 24.6 Å². The zero-order chi connectivity index (χ0) is 31.8. The number of amides is 6. The van der Waals surface area contributed by atoms with E-state index >= 15 is 4.39 Å². The highest BCUT2D eigenvalue weighted by atomic mass is 19.1. The van der Waals surface area contributed by atoms with Crippen molar-refractivity contribution in [3.8, 4) is 5.75 Å². The molecule has 0 unspecified atom stereocenters. The molecule has 4 N–H and O–H groups in total. The van der Waals surface area contributed by atoms with E-state index < -0.39 is 76.2 Å². The number of phenolic OH excluding ortho intramolecular Hbond substituents is 1. The minimum Gasteiger partial charge on any atom is -0.505 e. The maximum absolute atomic E-state index is 15.1. The largest absolute Gasteiger partial charge is 0.505 e. The number of rotatable bonds is 4. The number of hydrogen-bond donors (Lipinski definition) is 3. The Hall–Kier alpha value is -5.32. The Balaban J connectivity index is 1.47. The molecule has 2 heterocycles. The van der Waals surface area contributed by atoms with Gasteiger partial charge in [-0.3, -0.25) is 24.6 Å². The highest BCUT2D eigenvalue weighted by molar-refractivity contribution is 6.17. The maximum Gasteiger partial charge on any atom is 0.328 e. The lowest BCUT2D eigenvalue weighted by molar-refractivity contribution is -0.139. The third kappa shape index (κ3) is 3.89. The monoisotopic (exact) mass is 608 g/mol. The number of hydrazine groups is 1. The van der Waals surface area contributed by atoms with Crippen molar-refractivity contribution >= 4 is 35.3 Å². The zero-order valence-corrected chi connectivity index (χ0v) is 24.1. The van der Waals surface area contributed by atoms with Gasteiger partial charge in [0.1, 0.15) is 0 Å². The summed E-state index contributed by atoms with van der Waals surface area (Å²) in [6.07, 6.45) is 1.78. The smallest absolute Gasteiger partial charge is 0.328 e. The Morgan fingerprint density at radius 1 is 0.933 bits per heavy atom. The minimum absolute atomic E-state index is 0.0171. The van der Waals surface area contributed by atoms with Gasteiger partial charge in [-0.1, -0.05) is 71.8 Å². The van der Waals surface area contributed by atoms with E-state index in [0.29, 0.717) is 21.7 Å². The molecule has 3 fully saturated rings. The molecule has 0 radical (unpaired) electrons. The fourth-order valence-electron chi connectivity index (χ4n) is 8.07. The van der Waals surface area contributed by atoms with Crippen LogP contribution in [0.25, 0.3) is 0 Å². The van der Waals surface area contributed by atoms with Gasteiger partial charge in [-0.25, -0.2) is 9.18 Å². The summed E-state index contributed by atoms with van der Waals surface area (Å²) in [6.45, 7) is 1.90. The number of nitrogens with one attached hydrogen (secondary N) is 1. The Morgan fingerprint density at radius 3 is 2.33 bits per heavy atom. The Kier molecular flexibility index (Phi) is 6.40. The van der Waals surface area contributed by atoms with Crippen molar-refractivity contribution < 1.29 is 33.5 Å². The van der Waals surface area contributed by atoms with Crippen molar-refractivity contribution in [3.63, 3.8) is 0 Å². The second kappa shape index (κ2) is 10.1. The Morgan fingerprint density at radius 2 is 1.64 bits per heavy atom. The summed E-state index contributed by atoms with van der Waals surface area (Å²) in [5, 5.41) is 12.1. The Labute approximate surface area is 257 Å². The molecule has 10 nitrogen and oxygen atoms in total. The molecule has 2 aliphatic heterocycles. The predicted molar refractivity (Wildman–Crippen MR) is 158 cm³/mol. The number of carbonyl (C=O) groups excluding carboxylic acids is 5. The molecule has 228 valence electrons. The van der Waals surface area contributed by atoms with Gasteiger partial charge in [0.05, 0.1) is 28.9 Å². The fraction of sp³-hybridized carbons (Fsp3) is 0.265. The van der Waals surface area contributed by atoms with E-state index in [1.807, 2.05) is 19.1 Å². The van der Waals surface area contributed by atoms with Crippen LogP contribution in [-0.4, -0.2) is 44.7 Å². The number of benzene rings is 3. The molecule has 4 aliphatic rings. The van der Waals surface area contributed by atoms with Crippen molar-refractivity contribution in [2.75, 3.05) is 5.43 Å². The third-order valence-electron chi connectivity index (χ3n) is 9.94. The molecule has 3 aromatic rings. The van der Waals surface area contributed by atoms with Gasteiger partial charge in [-0.15, -0.1) is 0 Å². The van der Waals surface area contributed by atoms with E-state index in [9.17, 15) is 29.1 Å². The number of phenols is 1. The number of likely N-dealkylation sites (tertiary alicyclic amines) is 1. The summed E-state index contributed by atoms with van der Waals surface area (Å²) in [5.74, 6) is -9.16. The van der Waals surface area contributed by atoms with Gasteiger partial charge in [0.15, 0.2) is 11.6 Å². The number of urea groups is 1. The van der Waals surface area contributed by atoms with Crippen LogP contribution in [0.1, 0.15) is 35.4 Å². The maximum atomic E-state index is 15.1. The molecule has 2 saturated heterocycles. The molecule has 0 bridgehead atoms. The van der Waals surface area contributed by atoms with E-state index in [1.165, 1.54) is 12.1 Å². The van der Waals surface area contributed by atoms with Crippen LogP contribution in [0.4, 0.5) is 14.9 Å². The molecule has 3 aromatic carbocycles. The Bertz CT molecular complexity index is 1830. The number of allylic oxidation sites excluding steroid dienone is 2. The molecule has 0 aromatic heterocycles. The van der Waals surface area contributed by atoms with Gasteiger partial charge in [-0.2, -0.15) is 9.91 Å². The standard InChI is InChI=1S/C34H29FN4O6/c1-17-10-12-19(13-11-17)37-39-30(42)24-16-23-20(14-15-21-26(23)31(43)38(29(21)41)33(36)45)27(22-8-5-9-25(35)28(22)40)34(24,32(39)44)18-6-3-2-4-7-18/h2-14,21,23-24,26-27,37,40H,15-16H2,1H3,(H2,36,45)/t21-,23+,24-,26-,27+,34+/m0/s1. The first-order chi connectivity index (χ1) is 21.6. The number of carbonyl (C=O) groups is 5. The highest BCUT2D eigenvalue weighted by Gasteiger charge is 2.70. The number of nitrogens with zero attached hydrogens (tertiary/aromatic N) is 2. The predicted octanol–water partition coefficient (Wildman–Crippen LogP) is 3.90. The number of imide groups is 4. The second-order valence-electron chi connectivity index (χ2n) is 12.1. The van der Waals surface area contributed by atoms with E-state index in [2.05, 4.69) is 5.43 Å². The molecular formula is C34H29FN4O6. The number of para-hydroxylation sites is 1. The van der Waals surface area contributed by atoms with Crippen molar-refractivity contribution in [2.45, 2.75) is 31.1 Å². The van der Waals surface area contributed by atoms with Crippen molar-refractivity contribution in [1.29, 1.82) is 0 Å². The first kappa shape index (κ1) is 28.5. The topological polar surface area (TPSA) is 150 Å². The summed E-state index contributed by atoms with van der Waals surface area (Å²) >= 11 is 0. The molecule has 2 aliphatic carbocycles. The van der Waals surface area contributed by atoms with Gasteiger partial charge < -0.3 is 10.8 Å². The van der Waals surface area contributed by atoms with E-state index in [-0.39, 0.29) is 18.4 Å². The van der Waals surface area contributed by atoms with Crippen molar-refractivity contribution in [1.82, 2.24) is 9.91 Å². The lowest BCUT2D eigenvalue weighted by Gasteiger charge is -2.50. The van der Waals surface area contributed by atoms with Crippen LogP contribution in [0.15, 0.2) is 84.4 Å². The van der Waals surface area contributed by atoms with E-state index in [0.717, 1.165) is 16.6 Å². The number of hydrogen-bond acceptors (Lipinski definition) is 7. The van der Waals surface area contributed by atoms with E-state index in [1.54, 1.807) is 48.5 Å². The van der Waals surface area contributed by atoms with Gasteiger partial charge in [0.2, 0.25) is 11.8 Å². The summed E-state index contributed by atoms with van der Waals surface area (Å²) < 4.78 is 15.1. The molecule has 0 spiro atoms. The average molecular weight is 609 g/mol. The summed E-state index contributed by atoms with van der Waals surface area (Å²) in [6, 6.07) is 18.6. The van der Waals surface area contributed by atoms with Crippen molar-refractivity contribution in [3.05, 3.63) is 107 Å². The van der Waals surface area contributed by atoms with Crippen LogP contribution in [0, 0.1) is 36.4 Å². The lowest BCUT2D eigenvalue weighted by atomic mass is 9.49. The number of halogens is 1. The van der Waals surface area contributed by atoms with Crippen LogP contribution in [0.5, 0.6) is 5.75 Å². The van der Waals surface area contributed by atoms with Crippen LogP contribution >= 0.6 is 0 Å². The quantitative estimate of drug-likeness (QED) is 0.300. The molecule has 45 heavy (non-hydrogen) atoms. The first-order valence-electron chi connectivity index (χ1n) is 14.7. The minimum atomic E-state index is -1.66. The number of primary amides is 1. The van der Waals surface area contributed by atoms with Gasteiger partial charge in [-0.05, 0) is 49.4 Å². The SMILES string of the molecule is Cc1ccc(NN2C(=O)[C@@H]3C[C@@H]4C(=CC[C@@H]5C(=O)N(C(N)=O)C(=O)[C@@H]54)[C@H](c4cccc(F)c4O)[C@]3(c3ccccc3)C2=O)cc1. The number of aryl methyl sites for hydroxylation is 1. The third-order valence-corrected chi connectivity index (χ3v) is 9.94. The number of fused-ring (bicyclic) bond motifs is 4. The summed E-state index contributed by atoms with van der Waals surface area (Å²) in [7, 11) is 0. The fourth-order valence-corrected chi connectivity index (χ4v) is 8.07. The van der Waals surface area contributed by atoms with E-state index in [4.69, 9.17) is 5.73 Å². The van der Waals surface area contributed by atoms with Crippen LogP contribution in [0.3, 0.4) is 0 Å².